The minimum Gasteiger partial charge on any atom is -0.443 e. The highest BCUT2D eigenvalue weighted by Gasteiger charge is 2.39. The minimum absolute atomic E-state index is 0.0309. The van der Waals surface area contributed by atoms with Crippen molar-refractivity contribution in [3.05, 3.63) is 72.5 Å². The molecule has 0 radical (unpaired) electrons. The first kappa shape index (κ1) is 32.3. The van der Waals surface area contributed by atoms with Crippen molar-refractivity contribution in [2.45, 2.75) is 65.7 Å². The SMILES string of the molecule is CC(C)(C)OC(=O)N1CCN(C(=O)OC(C)(C)C)C1=Nc1ccc(-c2cn(Cc3ccc(-c4nnc(C(F)F)o4)cc3)cn2)cc1. The summed E-state index contributed by atoms with van der Waals surface area (Å²) in [6.45, 7) is 11.6. The van der Waals surface area contributed by atoms with Crippen LogP contribution in [0.2, 0.25) is 0 Å². The number of hydrogen-bond donors (Lipinski definition) is 0. The van der Waals surface area contributed by atoms with Crippen LogP contribution in [0.1, 0.15) is 59.4 Å². The van der Waals surface area contributed by atoms with Gasteiger partial charge in [0.2, 0.25) is 11.9 Å². The normalized spacial score (nSPS) is 13.8. The van der Waals surface area contributed by atoms with Gasteiger partial charge in [-0.2, -0.15) is 8.78 Å². The zero-order valence-corrected chi connectivity index (χ0v) is 26.4. The van der Waals surface area contributed by atoms with Crippen LogP contribution < -0.4 is 0 Å². The van der Waals surface area contributed by atoms with Gasteiger partial charge in [-0.05, 0) is 71.4 Å². The average molecular weight is 636 g/mol. The number of aliphatic imine (C=N–C) groups is 1. The molecule has 1 saturated heterocycles. The Balaban J connectivity index is 1.30. The van der Waals surface area contributed by atoms with E-state index >= 15 is 0 Å². The molecule has 0 saturated carbocycles. The van der Waals surface area contributed by atoms with Crippen molar-refractivity contribution in [3.8, 4) is 22.7 Å². The summed E-state index contributed by atoms with van der Waals surface area (Å²) in [4.78, 5) is 37.8. The molecule has 0 spiro atoms. The molecule has 2 amide bonds. The Bertz CT molecular complexity index is 1680. The smallest absolute Gasteiger partial charge is 0.417 e. The van der Waals surface area contributed by atoms with E-state index in [1.165, 1.54) is 9.80 Å². The lowest BCUT2D eigenvalue weighted by molar-refractivity contribution is 0.0375. The van der Waals surface area contributed by atoms with Crippen molar-refractivity contribution in [1.29, 1.82) is 0 Å². The average Bonchev–Trinajstić information content (AvgIpc) is 3.73. The third-order valence-corrected chi connectivity index (χ3v) is 6.48. The van der Waals surface area contributed by atoms with E-state index in [-0.39, 0.29) is 24.9 Å². The Morgan fingerprint density at radius 1 is 0.870 bits per heavy atom. The summed E-state index contributed by atoms with van der Waals surface area (Å²) in [5.74, 6) is -0.557. The van der Waals surface area contributed by atoms with Gasteiger partial charge in [-0.3, -0.25) is 0 Å². The van der Waals surface area contributed by atoms with Crippen molar-refractivity contribution < 1.29 is 32.3 Å². The second-order valence-electron chi connectivity index (χ2n) is 12.6. The molecule has 2 aromatic heterocycles. The molecular formula is C32H35F2N7O5. The van der Waals surface area contributed by atoms with E-state index in [2.05, 4.69) is 20.2 Å². The highest BCUT2D eigenvalue weighted by atomic mass is 19.3. The Morgan fingerprint density at radius 3 is 1.96 bits per heavy atom. The first-order chi connectivity index (χ1) is 21.6. The number of carbonyl (C=O) groups is 2. The molecule has 46 heavy (non-hydrogen) atoms. The minimum atomic E-state index is -2.82. The molecule has 0 N–H and O–H groups in total. The van der Waals surface area contributed by atoms with Crippen LogP contribution in [0, 0.1) is 0 Å². The molecular weight excluding hydrogens is 600 g/mol. The number of carbonyl (C=O) groups excluding carboxylic acids is 2. The van der Waals surface area contributed by atoms with Crippen molar-refractivity contribution in [1.82, 2.24) is 29.5 Å². The van der Waals surface area contributed by atoms with Crippen LogP contribution in [0.3, 0.4) is 0 Å². The van der Waals surface area contributed by atoms with E-state index in [4.69, 9.17) is 13.9 Å². The van der Waals surface area contributed by atoms with Gasteiger partial charge in [-0.25, -0.2) is 29.4 Å². The summed E-state index contributed by atoms with van der Waals surface area (Å²) >= 11 is 0. The molecule has 1 fully saturated rings. The first-order valence-corrected chi connectivity index (χ1v) is 14.6. The van der Waals surface area contributed by atoms with Crippen LogP contribution in [-0.2, 0) is 16.0 Å². The van der Waals surface area contributed by atoms with Gasteiger partial charge in [0.05, 0.1) is 30.8 Å². The van der Waals surface area contributed by atoms with E-state index in [9.17, 15) is 18.4 Å². The molecule has 1 aliphatic heterocycles. The predicted octanol–water partition coefficient (Wildman–Crippen LogP) is 7.06. The summed E-state index contributed by atoms with van der Waals surface area (Å²) in [7, 11) is 0. The second kappa shape index (κ2) is 12.7. The molecule has 3 heterocycles. The number of benzene rings is 2. The van der Waals surface area contributed by atoms with E-state index in [1.54, 1.807) is 72.1 Å². The van der Waals surface area contributed by atoms with Crippen LogP contribution in [0.5, 0.6) is 0 Å². The summed E-state index contributed by atoms with van der Waals surface area (Å²) in [6.07, 6.45) is -0.431. The van der Waals surface area contributed by atoms with Crippen LogP contribution in [0.25, 0.3) is 22.7 Å². The van der Waals surface area contributed by atoms with Gasteiger partial charge in [-0.15, -0.1) is 10.2 Å². The molecule has 1 aliphatic rings. The lowest BCUT2D eigenvalue weighted by Gasteiger charge is -2.27. The molecule has 2 aromatic carbocycles. The zero-order chi connectivity index (χ0) is 33.2. The van der Waals surface area contributed by atoms with Crippen molar-refractivity contribution >= 4 is 23.8 Å². The number of rotatable bonds is 6. The molecule has 242 valence electrons. The Morgan fingerprint density at radius 2 is 1.43 bits per heavy atom. The summed E-state index contributed by atoms with van der Waals surface area (Å²) < 4.78 is 43.5. The van der Waals surface area contributed by atoms with Gasteiger partial charge in [0, 0.05) is 23.9 Å². The fraction of sp³-hybridized carbons (Fsp3) is 0.375. The van der Waals surface area contributed by atoms with Crippen LogP contribution >= 0.6 is 0 Å². The van der Waals surface area contributed by atoms with Crippen molar-refractivity contribution in [2.75, 3.05) is 13.1 Å². The third-order valence-electron chi connectivity index (χ3n) is 6.48. The van der Waals surface area contributed by atoms with Gasteiger partial charge in [0.1, 0.15) is 11.2 Å². The van der Waals surface area contributed by atoms with Gasteiger partial charge in [0.15, 0.2) is 0 Å². The molecule has 12 nitrogen and oxygen atoms in total. The number of nitrogens with zero attached hydrogens (tertiary/aromatic N) is 7. The van der Waals surface area contributed by atoms with Gasteiger partial charge in [-0.1, -0.05) is 24.3 Å². The fourth-order valence-electron chi connectivity index (χ4n) is 4.47. The third kappa shape index (κ3) is 7.92. The maximum absolute atomic E-state index is 13.0. The van der Waals surface area contributed by atoms with Gasteiger partial charge in [0.25, 0.3) is 5.89 Å². The van der Waals surface area contributed by atoms with Crippen molar-refractivity contribution in [2.24, 2.45) is 4.99 Å². The number of imidazole rings is 1. The molecule has 0 bridgehead atoms. The van der Waals surface area contributed by atoms with E-state index in [0.717, 1.165) is 16.8 Å². The number of ether oxygens (including phenoxy) is 2. The summed E-state index contributed by atoms with van der Waals surface area (Å²) in [6, 6.07) is 14.4. The number of amides is 2. The highest BCUT2D eigenvalue weighted by molar-refractivity contribution is 6.04. The number of guanidine groups is 1. The molecule has 4 aromatic rings. The fourth-order valence-corrected chi connectivity index (χ4v) is 4.47. The first-order valence-electron chi connectivity index (χ1n) is 14.6. The molecule has 0 unspecified atom stereocenters. The quantitative estimate of drug-likeness (QED) is 0.220. The van der Waals surface area contributed by atoms with E-state index < -0.39 is 35.7 Å². The molecule has 0 atom stereocenters. The van der Waals surface area contributed by atoms with Gasteiger partial charge >= 0.3 is 18.6 Å². The zero-order valence-electron chi connectivity index (χ0n) is 26.4. The van der Waals surface area contributed by atoms with Crippen LogP contribution in [-0.4, -0.2) is 72.0 Å². The Labute approximate surface area is 264 Å². The lowest BCUT2D eigenvalue weighted by atomic mass is 10.1. The molecule has 0 aliphatic carbocycles. The van der Waals surface area contributed by atoms with Crippen molar-refractivity contribution in [3.63, 3.8) is 0 Å². The topological polar surface area (TPSA) is 128 Å². The van der Waals surface area contributed by atoms with Gasteiger partial charge < -0.3 is 18.5 Å². The lowest BCUT2D eigenvalue weighted by Crippen LogP contribution is -2.44. The number of alkyl halides is 2. The summed E-state index contributed by atoms with van der Waals surface area (Å²) in [5.41, 5.74) is 2.12. The molecule has 5 rings (SSSR count). The maximum Gasteiger partial charge on any atom is 0.417 e. The largest absolute Gasteiger partial charge is 0.443 e. The predicted molar refractivity (Wildman–Crippen MR) is 164 cm³/mol. The number of halogens is 2. The molecule has 14 heteroatoms. The monoisotopic (exact) mass is 635 g/mol. The second-order valence-corrected chi connectivity index (χ2v) is 12.6. The van der Waals surface area contributed by atoms with Crippen LogP contribution in [0.15, 0.2) is 70.5 Å². The summed E-state index contributed by atoms with van der Waals surface area (Å²) in [5, 5.41) is 7.04. The number of hydrogen-bond acceptors (Lipinski definition) is 9. The Kier molecular flexibility index (Phi) is 8.90. The van der Waals surface area contributed by atoms with E-state index in [0.29, 0.717) is 17.8 Å². The van der Waals surface area contributed by atoms with E-state index in [1.807, 2.05) is 35.0 Å². The number of aromatic nitrogens is 4. The Hall–Kier alpha value is -5.14. The standard InChI is InChI=1S/C32H35F2N7O5/c1-31(2,3)45-29(42)40-15-16-41(30(43)46-32(4,5)6)28(40)36-23-13-11-21(12-14-23)24-18-39(19-35-24)17-20-7-9-22(10-8-20)26-37-38-27(44-26)25(33)34/h7-14,18-19,25H,15-17H2,1-6H3. The highest BCUT2D eigenvalue weighted by Crippen LogP contribution is 2.26. The van der Waals surface area contributed by atoms with Crippen LogP contribution in [0.4, 0.5) is 24.1 Å². The maximum atomic E-state index is 13.0.